The van der Waals surface area contributed by atoms with Gasteiger partial charge in [0.15, 0.2) is 0 Å². The molecule has 0 bridgehead atoms. The van der Waals surface area contributed by atoms with Crippen LogP contribution in [0.15, 0.2) is 18.2 Å². The lowest BCUT2D eigenvalue weighted by Gasteiger charge is -2.32. The molecular weight excluding hydrogens is 286 g/mol. The summed E-state index contributed by atoms with van der Waals surface area (Å²) in [6.45, 7) is 6.49. The predicted molar refractivity (Wildman–Crippen MR) is 86.6 cm³/mol. The van der Waals surface area contributed by atoms with Gasteiger partial charge in [-0.3, -0.25) is 4.79 Å². The molecule has 1 aromatic rings. The van der Waals surface area contributed by atoms with Crippen LogP contribution in [0.2, 0.25) is 5.02 Å². The van der Waals surface area contributed by atoms with Crippen molar-refractivity contribution in [1.82, 2.24) is 10.2 Å². The van der Waals surface area contributed by atoms with E-state index in [0.717, 1.165) is 12.1 Å². The average Bonchev–Trinajstić information content (AvgIpc) is 2.47. The first-order valence-corrected chi connectivity index (χ1v) is 8.02. The van der Waals surface area contributed by atoms with Crippen molar-refractivity contribution >= 4 is 17.5 Å². The Morgan fingerprint density at radius 1 is 1.43 bits per heavy atom. The number of halogens is 1. The van der Waals surface area contributed by atoms with E-state index in [4.69, 9.17) is 17.3 Å². The zero-order valence-corrected chi connectivity index (χ0v) is 13.3. The molecule has 5 heteroatoms. The molecule has 1 heterocycles. The topological polar surface area (TPSA) is 58.4 Å². The number of primary amides is 1. The van der Waals surface area contributed by atoms with E-state index in [1.54, 1.807) is 12.1 Å². The molecule has 0 saturated carbocycles. The molecule has 2 rings (SSSR count). The van der Waals surface area contributed by atoms with Gasteiger partial charge in [0.25, 0.3) is 0 Å². The highest BCUT2D eigenvalue weighted by molar-refractivity contribution is 6.31. The lowest BCUT2D eigenvalue weighted by Crippen LogP contribution is -2.42. The highest BCUT2D eigenvalue weighted by Gasteiger charge is 2.18. The SMILES string of the molecule is CCCN1CCC(NCc2ccc(C(N)=O)cc2Cl)CC1. The quantitative estimate of drug-likeness (QED) is 0.848. The Labute approximate surface area is 131 Å². The number of hydrogen-bond acceptors (Lipinski definition) is 3. The number of carbonyl (C=O) groups is 1. The molecule has 0 aromatic heterocycles. The zero-order chi connectivity index (χ0) is 15.2. The first-order chi connectivity index (χ1) is 10.1. The highest BCUT2D eigenvalue weighted by atomic mass is 35.5. The molecule has 1 aliphatic heterocycles. The molecule has 0 unspecified atom stereocenters. The van der Waals surface area contributed by atoms with Gasteiger partial charge in [-0.1, -0.05) is 24.6 Å². The van der Waals surface area contributed by atoms with E-state index in [0.29, 0.717) is 16.6 Å². The molecule has 0 radical (unpaired) electrons. The minimum atomic E-state index is -0.445. The molecule has 116 valence electrons. The standard InChI is InChI=1S/C16H24ClN3O/c1-2-7-20-8-5-14(6-9-20)19-11-13-4-3-12(16(18)21)10-15(13)17/h3-4,10,14,19H,2,5-9,11H2,1H3,(H2,18,21). The first-order valence-electron chi connectivity index (χ1n) is 7.64. The Balaban J connectivity index is 1.82. The van der Waals surface area contributed by atoms with Gasteiger partial charge < -0.3 is 16.0 Å². The summed E-state index contributed by atoms with van der Waals surface area (Å²) in [6, 6.07) is 5.80. The van der Waals surface area contributed by atoms with Crippen LogP contribution in [0.25, 0.3) is 0 Å². The van der Waals surface area contributed by atoms with Gasteiger partial charge in [0, 0.05) is 23.2 Å². The summed E-state index contributed by atoms with van der Waals surface area (Å²) in [5.74, 6) is -0.445. The smallest absolute Gasteiger partial charge is 0.248 e. The maximum Gasteiger partial charge on any atom is 0.248 e. The van der Waals surface area contributed by atoms with Crippen molar-refractivity contribution in [1.29, 1.82) is 0 Å². The fourth-order valence-corrected chi connectivity index (χ4v) is 3.02. The number of nitrogens with two attached hydrogens (primary N) is 1. The average molecular weight is 310 g/mol. The van der Waals surface area contributed by atoms with Crippen molar-refractivity contribution in [2.45, 2.75) is 38.8 Å². The third kappa shape index (κ3) is 4.70. The number of rotatable bonds is 6. The Bertz CT molecular complexity index is 484. The van der Waals surface area contributed by atoms with Crippen LogP contribution in [0.1, 0.15) is 42.1 Å². The van der Waals surface area contributed by atoms with E-state index < -0.39 is 5.91 Å². The van der Waals surface area contributed by atoms with Crippen LogP contribution in [-0.2, 0) is 6.54 Å². The van der Waals surface area contributed by atoms with E-state index in [1.807, 2.05) is 6.07 Å². The monoisotopic (exact) mass is 309 g/mol. The highest BCUT2D eigenvalue weighted by Crippen LogP contribution is 2.19. The van der Waals surface area contributed by atoms with Crippen molar-refractivity contribution in [3.8, 4) is 0 Å². The second-order valence-corrected chi connectivity index (χ2v) is 6.07. The molecule has 0 aliphatic carbocycles. The fourth-order valence-electron chi connectivity index (χ4n) is 2.78. The second kappa shape index (κ2) is 7.78. The summed E-state index contributed by atoms with van der Waals surface area (Å²) in [4.78, 5) is 13.6. The molecule has 1 aliphatic rings. The largest absolute Gasteiger partial charge is 0.366 e. The molecular formula is C16H24ClN3O. The molecule has 0 atom stereocenters. The van der Waals surface area contributed by atoms with Gasteiger partial charge in [0.1, 0.15) is 0 Å². The maximum absolute atomic E-state index is 11.1. The van der Waals surface area contributed by atoms with Crippen molar-refractivity contribution in [3.05, 3.63) is 34.3 Å². The van der Waals surface area contributed by atoms with Crippen LogP contribution in [0, 0.1) is 0 Å². The van der Waals surface area contributed by atoms with Gasteiger partial charge in [-0.15, -0.1) is 0 Å². The Morgan fingerprint density at radius 3 is 2.71 bits per heavy atom. The van der Waals surface area contributed by atoms with Crippen LogP contribution in [0.3, 0.4) is 0 Å². The number of piperidine rings is 1. The van der Waals surface area contributed by atoms with E-state index >= 15 is 0 Å². The van der Waals surface area contributed by atoms with Gasteiger partial charge in [0.2, 0.25) is 5.91 Å². The summed E-state index contributed by atoms with van der Waals surface area (Å²) >= 11 is 6.20. The van der Waals surface area contributed by atoms with Crippen LogP contribution >= 0.6 is 11.6 Å². The predicted octanol–water partition coefficient (Wildman–Crippen LogP) is 2.40. The van der Waals surface area contributed by atoms with Crippen LogP contribution in [0.4, 0.5) is 0 Å². The molecule has 1 amide bonds. The number of hydrogen-bond donors (Lipinski definition) is 2. The minimum absolute atomic E-state index is 0.445. The van der Waals surface area contributed by atoms with Crippen LogP contribution in [-0.4, -0.2) is 36.5 Å². The number of carbonyl (C=O) groups excluding carboxylic acids is 1. The Hall–Kier alpha value is -1.10. The molecule has 3 N–H and O–H groups in total. The van der Waals surface area contributed by atoms with Crippen molar-refractivity contribution in [2.24, 2.45) is 5.73 Å². The van der Waals surface area contributed by atoms with Crippen molar-refractivity contribution < 1.29 is 4.79 Å². The van der Waals surface area contributed by atoms with E-state index in [-0.39, 0.29) is 0 Å². The Morgan fingerprint density at radius 2 is 2.14 bits per heavy atom. The molecule has 0 spiro atoms. The summed E-state index contributed by atoms with van der Waals surface area (Å²) in [5, 5.41) is 4.16. The molecule has 4 nitrogen and oxygen atoms in total. The second-order valence-electron chi connectivity index (χ2n) is 5.67. The zero-order valence-electron chi connectivity index (χ0n) is 12.6. The van der Waals surface area contributed by atoms with Gasteiger partial charge in [-0.05, 0) is 56.6 Å². The number of likely N-dealkylation sites (tertiary alicyclic amines) is 1. The van der Waals surface area contributed by atoms with Crippen LogP contribution in [0.5, 0.6) is 0 Å². The molecule has 21 heavy (non-hydrogen) atoms. The first kappa shape index (κ1) is 16.3. The number of nitrogens with zero attached hydrogens (tertiary/aromatic N) is 1. The van der Waals surface area contributed by atoms with E-state index in [1.165, 1.54) is 38.9 Å². The summed E-state index contributed by atoms with van der Waals surface area (Å²) in [7, 11) is 0. The summed E-state index contributed by atoms with van der Waals surface area (Å²) in [5.41, 5.74) is 6.71. The van der Waals surface area contributed by atoms with E-state index in [2.05, 4.69) is 17.1 Å². The number of nitrogens with one attached hydrogen (secondary N) is 1. The normalized spacial score (nSPS) is 17.0. The lowest BCUT2D eigenvalue weighted by atomic mass is 10.0. The van der Waals surface area contributed by atoms with Crippen molar-refractivity contribution in [2.75, 3.05) is 19.6 Å². The van der Waals surface area contributed by atoms with Crippen LogP contribution < -0.4 is 11.1 Å². The maximum atomic E-state index is 11.1. The van der Waals surface area contributed by atoms with E-state index in [9.17, 15) is 4.79 Å². The van der Waals surface area contributed by atoms with Gasteiger partial charge >= 0.3 is 0 Å². The molecule has 1 fully saturated rings. The third-order valence-corrected chi connectivity index (χ3v) is 4.40. The van der Waals surface area contributed by atoms with Crippen molar-refractivity contribution in [3.63, 3.8) is 0 Å². The lowest BCUT2D eigenvalue weighted by molar-refractivity contribution is 0.100. The molecule has 1 saturated heterocycles. The Kier molecular flexibility index (Phi) is 6.03. The summed E-state index contributed by atoms with van der Waals surface area (Å²) in [6.07, 6.45) is 3.58. The molecule has 1 aromatic carbocycles. The number of amides is 1. The fraction of sp³-hybridized carbons (Fsp3) is 0.562. The third-order valence-electron chi connectivity index (χ3n) is 4.05. The van der Waals surface area contributed by atoms with Gasteiger partial charge in [0.05, 0.1) is 0 Å². The van der Waals surface area contributed by atoms with Gasteiger partial charge in [-0.25, -0.2) is 0 Å². The van der Waals surface area contributed by atoms with Gasteiger partial charge in [-0.2, -0.15) is 0 Å². The summed E-state index contributed by atoms with van der Waals surface area (Å²) < 4.78 is 0. The minimum Gasteiger partial charge on any atom is -0.366 e. The number of benzene rings is 1.